The molecule has 0 amide bonds. The predicted molar refractivity (Wildman–Crippen MR) is 106 cm³/mol. The number of benzene rings is 2. The Morgan fingerprint density at radius 1 is 0.926 bits per heavy atom. The fourth-order valence-electron chi connectivity index (χ4n) is 4.71. The molecule has 2 heterocycles. The van der Waals surface area contributed by atoms with Crippen LogP contribution in [0.4, 0.5) is 0 Å². The predicted octanol–water partition coefficient (Wildman–Crippen LogP) is 3.79. The van der Waals surface area contributed by atoms with Gasteiger partial charge in [0.1, 0.15) is 5.78 Å². The molecule has 142 valence electrons. The molecule has 2 aliphatic heterocycles. The van der Waals surface area contributed by atoms with E-state index in [1.165, 1.54) is 27.8 Å². The van der Waals surface area contributed by atoms with E-state index in [-0.39, 0.29) is 0 Å². The summed E-state index contributed by atoms with van der Waals surface area (Å²) in [5.74, 6) is 1.80. The van der Waals surface area contributed by atoms with E-state index in [2.05, 4.69) is 49.1 Å². The minimum absolute atomic E-state index is 0.326. The fourth-order valence-corrected chi connectivity index (χ4v) is 4.71. The fraction of sp³-hybridized carbons (Fsp3) is 0.435. The monoisotopic (exact) mass is 365 g/mol. The molecule has 0 aliphatic carbocycles. The Hall–Kier alpha value is -2.33. The highest BCUT2D eigenvalue weighted by molar-refractivity contribution is 5.82. The van der Waals surface area contributed by atoms with E-state index in [1.807, 2.05) is 0 Å². The number of methoxy groups -OCH3 is 2. The van der Waals surface area contributed by atoms with Gasteiger partial charge < -0.3 is 9.47 Å². The molecule has 2 aromatic carbocycles. The van der Waals surface area contributed by atoms with Gasteiger partial charge in [0.2, 0.25) is 0 Å². The molecule has 1 fully saturated rings. The Morgan fingerprint density at radius 2 is 1.63 bits per heavy atom. The van der Waals surface area contributed by atoms with Crippen molar-refractivity contribution < 1.29 is 14.3 Å². The van der Waals surface area contributed by atoms with Crippen molar-refractivity contribution in [2.45, 2.75) is 38.6 Å². The Morgan fingerprint density at radius 3 is 2.33 bits per heavy atom. The summed E-state index contributed by atoms with van der Waals surface area (Å²) in [6.07, 6.45) is 2.10. The maximum absolute atomic E-state index is 12.7. The largest absolute Gasteiger partial charge is 0.493 e. The van der Waals surface area contributed by atoms with E-state index in [4.69, 9.17) is 9.47 Å². The third-order valence-corrected chi connectivity index (χ3v) is 6.34. The second-order valence-corrected chi connectivity index (χ2v) is 7.73. The van der Waals surface area contributed by atoms with Gasteiger partial charge in [-0.15, -0.1) is 0 Å². The van der Waals surface area contributed by atoms with Crippen LogP contribution < -0.4 is 9.47 Å². The first kappa shape index (κ1) is 18.1. The normalized spacial score (nSPS) is 22.1. The first-order valence-corrected chi connectivity index (χ1v) is 9.59. The van der Waals surface area contributed by atoms with Gasteiger partial charge in [0.25, 0.3) is 0 Å². The van der Waals surface area contributed by atoms with Crippen molar-refractivity contribution in [2.75, 3.05) is 27.3 Å². The van der Waals surface area contributed by atoms with Crippen LogP contribution in [0.5, 0.6) is 11.5 Å². The van der Waals surface area contributed by atoms with Gasteiger partial charge in [-0.1, -0.05) is 18.2 Å². The Balaban J connectivity index is 1.99. The van der Waals surface area contributed by atoms with Gasteiger partial charge in [0, 0.05) is 25.9 Å². The number of Topliss-reactive ketones (excluding diaryl/α,β-unsaturated/α-hetero) is 1. The molecule has 2 aliphatic rings. The Kier molecular flexibility index (Phi) is 4.47. The molecule has 0 saturated carbocycles. The summed E-state index contributed by atoms with van der Waals surface area (Å²) in [6.45, 7) is 6.02. The van der Waals surface area contributed by atoms with Crippen LogP contribution in [0.25, 0.3) is 0 Å². The molecule has 4 nitrogen and oxygen atoms in total. The lowest BCUT2D eigenvalue weighted by Crippen LogP contribution is -2.56. The molecule has 1 unspecified atom stereocenters. The third-order valence-electron chi connectivity index (χ3n) is 6.34. The highest BCUT2D eigenvalue weighted by Crippen LogP contribution is 2.49. The number of ether oxygens (including phenoxy) is 2. The lowest BCUT2D eigenvalue weighted by Gasteiger charge is -2.51. The zero-order valence-electron chi connectivity index (χ0n) is 16.6. The average Bonchev–Trinajstić information content (AvgIpc) is 2.68. The minimum atomic E-state index is -0.416. The molecule has 0 aromatic heterocycles. The summed E-state index contributed by atoms with van der Waals surface area (Å²) in [4.78, 5) is 15.1. The molecule has 0 N–H and O–H groups in total. The first-order valence-electron chi connectivity index (χ1n) is 9.59. The number of hydrogen-bond acceptors (Lipinski definition) is 4. The lowest BCUT2D eigenvalue weighted by molar-refractivity contribution is -0.126. The SMILES string of the molecule is COc1cc2c(cc1OC)C1(c3ccc(C)c(C)c3)CC(=O)CCN1CC2. The number of carbonyl (C=O) groups is 1. The van der Waals surface area contributed by atoms with Crippen LogP contribution in [0, 0.1) is 13.8 Å². The summed E-state index contributed by atoms with van der Waals surface area (Å²) in [6, 6.07) is 10.8. The van der Waals surface area contributed by atoms with E-state index < -0.39 is 5.54 Å². The van der Waals surface area contributed by atoms with Gasteiger partial charge in [-0.05, 0) is 60.2 Å². The highest BCUT2D eigenvalue weighted by atomic mass is 16.5. The van der Waals surface area contributed by atoms with E-state index in [0.717, 1.165) is 31.0 Å². The van der Waals surface area contributed by atoms with Gasteiger partial charge >= 0.3 is 0 Å². The summed E-state index contributed by atoms with van der Waals surface area (Å²) >= 11 is 0. The summed E-state index contributed by atoms with van der Waals surface area (Å²) in [5.41, 5.74) is 5.74. The van der Waals surface area contributed by atoms with Crippen LogP contribution in [0.15, 0.2) is 30.3 Å². The molecule has 1 atom stereocenters. The Labute approximate surface area is 161 Å². The van der Waals surface area contributed by atoms with Gasteiger partial charge in [0.05, 0.1) is 19.8 Å². The number of carbonyl (C=O) groups excluding carboxylic acids is 1. The molecular formula is C23H27NO3. The molecular weight excluding hydrogens is 338 g/mol. The topological polar surface area (TPSA) is 38.8 Å². The van der Waals surface area contributed by atoms with Crippen LogP contribution >= 0.6 is 0 Å². The van der Waals surface area contributed by atoms with Crippen LogP contribution in [-0.4, -0.2) is 38.0 Å². The van der Waals surface area contributed by atoms with Gasteiger partial charge in [0.15, 0.2) is 11.5 Å². The number of ketones is 1. The smallest absolute Gasteiger partial charge is 0.161 e. The second kappa shape index (κ2) is 6.68. The van der Waals surface area contributed by atoms with Crippen LogP contribution in [-0.2, 0) is 16.8 Å². The highest BCUT2D eigenvalue weighted by Gasteiger charge is 2.48. The van der Waals surface area contributed by atoms with Crippen molar-refractivity contribution in [3.8, 4) is 11.5 Å². The van der Waals surface area contributed by atoms with Crippen LogP contribution in [0.2, 0.25) is 0 Å². The molecule has 4 rings (SSSR count). The Bertz CT molecular complexity index is 905. The number of fused-ring (bicyclic) bond motifs is 3. The summed E-state index contributed by atoms with van der Waals surface area (Å²) in [5, 5.41) is 0. The number of aryl methyl sites for hydroxylation is 2. The van der Waals surface area contributed by atoms with Gasteiger partial charge in [-0.3, -0.25) is 9.69 Å². The number of hydrogen-bond donors (Lipinski definition) is 0. The van der Waals surface area contributed by atoms with Gasteiger partial charge in [-0.2, -0.15) is 0 Å². The van der Waals surface area contributed by atoms with Crippen LogP contribution in [0.1, 0.15) is 40.7 Å². The molecule has 2 aromatic rings. The summed E-state index contributed by atoms with van der Waals surface area (Å²) in [7, 11) is 3.34. The van der Waals surface area contributed by atoms with Crippen LogP contribution in [0.3, 0.4) is 0 Å². The molecule has 1 saturated heterocycles. The lowest BCUT2D eigenvalue weighted by atomic mass is 9.70. The molecule has 0 radical (unpaired) electrons. The number of piperidine rings is 1. The maximum Gasteiger partial charge on any atom is 0.161 e. The van der Waals surface area contributed by atoms with E-state index in [1.54, 1.807) is 14.2 Å². The maximum atomic E-state index is 12.7. The minimum Gasteiger partial charge on any atom is -0.493 e. The van der Waals surface area contributed by atoms with E-state index >= 15 is 0 Å². The zero-order chi connectivity index (χ0) is 19.2. The third kappa shape index (κ3) is 2.74. The quantitative estimate of drug-likeness (QED) is 0.830. The number of rotatable bonds is 3. The molecule has 27 heavy (non-hydrogen) atoms. The van der Waals surface area contributed by atoms with Crippen molar-refractivity contribution in [2.24, 2.45) is 0 Å². The van der Waals surface area contributed by atoms with Crippen molar-refractivity contribution in [1.29, 1.82) is 0 Å². The van der Waals surface area contributed by atoms with E-state index in [0.29, 0.717) is 18.6 Å². The standard InChI is InChI=1S/C23H27NO3/c1-15-5-6-18(11-16(15)2)23-14-19(25)8-10-24(23)9-7-17-12-21(26-3)22(27-4)13-20(17)23/h5-6,11-13H,7-10,14H2,1-4H3. The summed E-state index contributed by atoms with van der Waals surface area (Å²) < 4.78 is 11.1. The first-order chi connectivity index (χ1) is 13.0. The van der Waals surface area contributed by atoms with E-state index in [9.17, 15) is 4.79 Å². The van der Waals surface area contributed by atoms with Gasteiger partial charge in [-0.25, -0.2) is 0 Å². The zero-order valence-corrected chi connectivity index (χ0v) is 16.6. The van der Waals surface area contributed by atoms with Crippen molar-refractivity contribution in [1.82, 2.24) is 4.90 Å². The number of nitrogens with zero attached hydrogens (tertiary/aromatic N) is 1. The second-order valence-electron chi connectivity index (χ2n) is 7.73. The average molecular weight is 365 g/mol. The van der Waals surface area contributed by atoms with Crippen molar-refractivity contribution in [3.63, 3.8) is 0 Å². The molecule has 4 heteroatoms. The molecule has 0 spiro atoms. The van der Waals surface area contributed by atoms with Crippen molar-refractivity contribution >= 4 is 5.78 Å². The molecule has 0 bridgehead atoms. The van der Waals surface area contributed by atoms with Crippen molar-refractivity contribution in [3.05, 3.63) is 58.1 Å².